The van der Waals surface area contributed by atoms with Gasteiger partial charge in [-0.15, -0.1) is 0 Å². The molecule has 3 nitrogen and oxygen atoms in total. The number of hydrogen-bond donors (Lipinski definition) is 1. The fraction of sp³-hybridized carbons (Fsp3) is 0.545. The maximum Gasteiger partial charge on any atom is 0.127 e. The molecule has 1 N–H and O–H groups in total. The van der Waals surface area contributed by atoms with Crippen molar-refractivity contribution in [1.29, 1.82) is 0 Å². The van der Waals surface area contributed by atoms with Crippen LogP contribution in [0.5, 0.6) is 0 Å². The van der Waals surface area contributed by atoms with Gasteiger partial charge in [-0.3, -0.25) is 0 Å². The van der Waals surface area contributed by atoms with E-state index in [1.54, 1.807) is 0 Å². The maximum atomic E-state index is 5.87. The molecule has 1 atom stereocenters. The summed E-state index contributed by atoms with van der Waals surface area (Å²) in [5, 5.41) is 3.93. The molecule has 0 radical (unpaired) electrons. The van der Waals surface area contributed by atoms with Crippen LogP contribution in [0.15, 0.2) is 16.7 Å². The summed E-state index contributed by atoms with van der Waals surface area (Å²) in [7, 11) is 0. The molecule has 1 aromatic heterocycles. The van der Waals surface area contributed by atoms with Crippen LogP contribution >= 0.6 is 27.5 Å². The van der Waals surface area contributed by atoms with E-state index in [2.05, 4.69) is 26.2 Å². The first-order chi connectivity index (χ1) is 7.75. The van der Waals surface area contributed by atoms with E-state index in [0.717, 1.165) is 32.0 Å². The topological polar surface area (TPSA) is 34.1 Å². The second-order valence-electron chi connectivity index (χ2n) is 3.93. The molecule has 0 spiro atoms. The van der Waals surface area contributed by atoms with Crippen molar-refractivity contribution in [1.82, 2.24) is 4.98 Å². The van der Waals surface area contributed by atoms with Gasteiger partial charge in [0, 0.05) is 13.2 Å². The summed E-state index contributed by atoms with van der Waals surface area (Å²) < 4.78 is 6.10. The Morgan fingerprint density at radius 3 is 3.12 bits per heavy atom. The van der Waals surface area contributed by atoms with Gasteiger partial charge >= 0.3 is 0 Å². The number of nitrogens with zero attached hydrogens (tertiary/aromatic N) is 1. The van der Waals surface area contributed by atoms with E-state index in [9.17, 15) is 0 Å². The quantitative estimate of drug-likeness (QED) is 0.870. The van der Waals surface area contributed by atoms with Crippen molar-refractivity contribution >= 4 is 33.3 Å². The Bertz CT molecular complexity index is 356. The van der Waals surface area contributed by atoms with Gasteiger partial charge in [0.25, 0.3) is 0 Å². The van der Waals surface area contributed by atoms with Crippen LogP contribution in [0.1, 0.15) is 12.8 Å². The van der Waals surface area contributed by atoms with E-state index in [1.165, 1.54) is 6.42 Å². The van der Waals surface area contributed by atoms with Crippen molar-refractivity contribution < 1.29 is 4.74 Å². The predicted molar refractivity (Wildman–Crippen MR) is 69.0 cm³/mol. The van der Waals surface area contributed by atoms with Crippen LogP contribution in [0.4, 0.5) is 5.82 Å². The van der Waals surface area contributed by atoms with E-state index in [0.29, 0.717) is 15.5 Å². The minimum atomic E-state index is 0.588. The Kier molecular flexibility index (Phi) is 4.44. The zero-order valence-corrected chi connectivity index (χ0v) is 11.2. The smallest absolute Gasteiger partial charge is 0.127 e. The third-order valence-electron chi connectivity index (χ3n) is 2.63. The number of anilines is 1. The molecule has 5 heteroatoms. The zero-order chi connectivity index (χ0) is 11.4. The lowest BCUT2D eigenvalue weighted by atomic mass is 10.0. The largest absolute Gasteiger partial charge is 0.381 e. The van der Waals surface area contributed by atoms with Gasteiger partial charge in [0.15, 0.2) is 0 Å². The standard InChI is InChI=1S/C11H14BrClN2O/c12-11-9(13)3-4-10(15-11)14-6-8-2-1-5-16-7-8/h3-4,8H,1-2,5-7H2,(H,14,15). The Labute approximate surface area is 109 Å². The molecule has 88 valence electrons. The number of halogens is 2. The molecule has 0 saturated carbocycles. The minimum absolute atomic E-state index is 0.588. The number of ether oxygens (including phenoxy) is 1. The number of pyridine rings is 1. The lowest BCUT2D eigenvalue weighted by Gasteiger charge is -2.22. The van der Waals surface area contributed by atoms with Crippen LogP contribution < -0.4 is 5.32 Å². The van der Waals surface area contributed by atoms with E-state index in [-0.39, 0.29) is 0 Å². The number of rotatable bonds is 3. The number of nitrogens with one attached hydrogen (secondary N) is 1. The molecule has 1 unspecified atom stereocenters. The molecule has 2 rings (SSSR count). The van der Waals surface area contributed by atoms with Crippen LogP contribution in [-0.2, 0) is 4.74 Å². The van der Waals surface area contributed by atoms with Crippen LogP contribution in [-0.4, -0.2) is 24.7 Å². The number of hydrogen-bond acceptors (Lipinski definition) is 3. The fourth-order valence-corrected chi connectivity index (χ4v) is 2.16. The predicted octanol–water partition coefficient (Wildman–Crippen LogP) is 3.34. The molecule has 0 aliphatic carbocycles. The molecule has 0 amide bonds. The SMILES string of the molecule is Clc1ccc(NCC2CCCOC2)nc1Br. The molecule has 1 fully saturated rings. The number of aromatic nitrogens is 1. The average Bonchev–Trinajstić information content (AvgIpc) is 2.32. The molecule has 1 aliphatic heterocycles. The Balaban J connectivity index is 1.86. The zero-order valence-electron chi connectivity index (χ0n) is 8.88. The molecular weight excluding hydrogens is 291 g/mol. The van der Waals surface area contributed by atoms with Gasteiger partial charge in [-0.1, -0.05) is 11.6 Å². The summed E-state index contributed by atoms with van der Waals surface area (Å²) in [5.41, 5.74) is 0. The molecular formula is C11H14BrClN2O. The third kappa shape index (κ3) is 3.34. The average molecular weight is 306 g/mol. The van der Waals surface area contributed by atoms with Crippen molar-refractivity contribution in [2.75, 3.05) is 25.1 Å². The highest BCUT2D eigenvalue weighted by atomic mass is 79.9. The van der Waals surface area contributed by atoms with E-state index in [1.807, 2.05) is 12.1 Å². The third-order valence-corrected chi connectivity index (χ3v) is 3.77. The second kappa shape index (κ2) is 5.84. The molecule has 1 aliphatic rings. The van der Waals surface area contributed by atoms with Crippen molar-refractivity contribution in [2.24, 2.45) is 5.92 Å². The molecule has 1 saturated heterocycles. The van der Waals surface area contributed by atoms with Crippen molar-refractivity contribution in [3.63, 3.8) is 0 Å². The molecule has 0 aromatic carbocycles. The summed E-state index contributed by atoms with van der Waals surface area (Å²) in [5.74, 6) is 1.44. The monoisotopic (exact) mass is 304 g/mol. The Hall–Kier alpha value is -0.320. The normalized spacial score (nSPS) is 20.8. The summed E-state index contributed by atoms with van der Waals surface area (Å²) in [4.78, 5) is 4.29. The fourth-order valence-electron chi connectivity index (χ4n) is 1.73. The highest BCUT2D eigenvalue weighted by Gasteiger charge is 2.13. The van der Waals surface area contributed by atoms with Gasteiger partial charge in [-0.05, 0) is 46.8 Å². The Morgan fingerprint density at radius 2 is 2.44 bits per heavy atom. The lowest BCUT2D eigenvalue weighted by Crippen LogP contribution is -2.24. The Morgan fingerprint density at radius 1 is 1.56 bits per heavy atom. The minimum Gasteiger partial charge on any atom is -0.381 e. The van der Waals surface area contributed by atoms with Gasteiger partial charge in [-0.2, -0.15) is 0 Å². The van der Waals surface area contributed by atoms with E-state index >= 15 is 0 Å². The van der Waals surface area contributed by atoms with Gasteiger partial charge in [0.1, 0.15) is 10.4 Å². The van der Waals surface area contributed by atoms with Crippen molar-refractivity contribution in [2.45, 2.75) is 12.8 Å². The van der Waals surface area contributed by atoms with Crippen LogP contribution in [0, 0.1) is 5.92 Å². The second-order valence-corrected chi connectivity index (χ2v) is 5.09. The highest BCUT2D eigenvalue weighted by molar-refractivity contribution is 9.10. The summed E-state index contributed by atoms with van der Waals surface area (Å²) in [6.45, 7) is 2.66. The van der Waals surface area contributed by atoms with Gasteiger partial charge in [-0.25, -0.2) is 4.98 Å². The summed E-state index contributed by atoms with van der Waals surface area (Å²) in [6, 6.07) is 3.72. The highest BCUT2D eigenvalue weighted by Crippen LogP contribution is 2.22. The van der Waals surface area contributed by atoms with Crippen molar-refractivity contribution in [3.8, 4) is 0 Å². The van der Waals surface area contributed by atoms with Crippen LogP contribution in [0.2, 0.25) is 5.02 Å². The first kappa shape index (κ1) is 12.1. The first-order valence-corrected chi connectivity index (χ1v) is 6.56. The van der Waals surface area contributed by atoms with E-state index in [4.69, 9.17) is 16.3 Å². The molecule has 1 aromatic rings. The van der Waals surface area contributed by atoms with Crippen molar-refractivity contribution in [3.05, 3.63) is 21.8 Å². The summed E-state index contributed by atoms with van der Waals surface area (Å²) in [6.07, 6.45) is 2.38. The van der Waals surface area contributed by atoms with E-state index < -0.39 is 0 Å². The summed E-state index contributed by atoms with van der Waals surface area (Å²) >= 11 is 9.18. The molecule has 16 heavy (non-hydrogen) atoms. The maximum absolute atomic E-state index is 5.87. The molecule has 0 bridgehead atoms. The van der Waals surface area contributed by atoms with Gasteiger partial charge in [0.05, 0.1) is 11.6 Å². The van der Waals surface area contributed by atoms with Gasteiger partial charge < -0.3 is 10.1 Å². The van der Waals surface area contributed by atoms with Crippen LogP contribution in [0.25, 0.3) is 0 Å². The lowest BCUT2D eigenvalue weighted by molar-refractivity contribution is 0.0595. The van der Waals surface area contributed by atoms with Crippen LogP contribution in [0.3, 0.4) is 0 Å². The van der Waals surface area contributed by atoms with Gasteiger partial charge in [0.2, 0.25) is 0 Å². The first-order valence-electron chi connectivity index (χ1n) is 5.39. The molecule has 2 heterocycles.